The zero-order valence-electron chi connectivity index (χ0n) is 15.7. The fourth-order valence-corrected chi connectivity index (χ4v) is 4.79. The molecule has 1 aromatic heterocycles. The summed E-state index contributed by atoms with van der Waals surface area (Å²) in [5.74, 6) is -1.52. The molecule has 0 aliphatic heterocycles. The lowest BCUT2D eigenvalue weighted by Crippen LogP contribution is -2.41. The third-order valence-corrected chi connectivity index (χ3v) is 6.14. The van der Waals surface area contributed by atoms with Gasteiger partial charge in [-0.15, -0.1) is 0 Å². The summed E-state index contributed by atoms with van der Waals surface area (Å²) in [7, 11) is 0. The molecular weight excluding hydrogens is 341 g/mol. The summed E-state index contributed by atoms with van der Waals surface area (Å²) in [5.41, 5.74) is 2.62. The van der Waals surface area contributed by atoms with Crippen molar-refractivity contribution in [3.63, 3.8) is 0 Å². The first-order valence-corrected chi connectivity index (χ1v) is 9.83. The van der Waals surface area contributed by atoms with E-state index in [0.717, 1.165) is 24.2 Å². The number of hydrogen-bond acceptors (Lipinski definition) is 1. The Balaban J connectivity index is 1.70. The first-order chi connectivity index (χ1) is 12.3. The Morgan fingerprint density at radius 3 is 2.42 bits per heavy atom. The topological polar surface area (TPSA) is 34.0 Å². The van der Waals surface area contributed by atoms with E-state index in [2.05, 4.69) is 9.88 Å². The van der Waals surface area contributed by atoms with Crippen molar-refractivity contribution < 1.29 is 18.0 Å². The van der Waals surface area contributed by atoms with Crippen molar-refractivity contribution in [2.24, 2.45) is 5.92 Å². The molecule has 2 unspecified atom stereocenters. The number of nitrogens with one attached hydrogen (secondary N) is 1. The minimum Gasteiger partial charge on any atom is -0.349 e. The second-order valence-electron chi connectivity index (χ2n) is 8.02. The van der Waals surface area contributed by atoms with Crippen LogP contribution in [0.3, 0.4) is 0 Å². The standard InChI is InChI=1S/C20H29F3N2O/c1-13-11-18(14(2)25(13)17-9-4-3-5-10-17)19(26)24-16-8-6-7-15(12-16)20(21,22)23/h11,15-17H,3-10,12H2,1-2H3,(H,24,26). The van der Waals surface area contributed by atoms with Crippen molar-refractivity contribution in [1.82, 2.24) is 9.88 Å². The first-order valence-electron chi connectivity index (χ1n) is 9.83. The van der Waals surface area contributed by atoms with Crippen molar-refractivity contribution in [3.8, 4) is 0 Å². The van der Waals surface area contributed by atoms with Gasteiger partial charge in [0.1, 0.15) is 0 Å². The highest BCUT2D eigenvalue weighted by Crippen LogP contribution is 2.38. The number of rotatable bonds is 3. The predicted molar refractivity (Wildman–Crippen MR) is 95.3 cm³/mol. The maximum atomic E-state index is 13.0. The second-order valence-corrected chi connectivity index (χ2v) is 8.02. The van der Waals surface area contributed by atoms with Crippen molar-refractivity contribution in [1.29, 1.82) is 0 Å². The average molecular weight is 370 g/mol. The SMILES string of the molecule is Cc1cc(C(=O)NC2CCCC(C(F)(F)F)C2)c(C)n1C1CCCCC1. The Labute approximate surface area is 153 Å². The van der Waals surface area contributed by atoms with Crippen LogP contribution < -0.4 is 5.32 Å². The van der Waals surface area contributed by atoms with Crippen LogP contribution in [0.4, 0.5) is 13.2 Å². The van der Waals surface area contributed by atoms with Crippen molar-refractivity contribution in [2.45, 2.75) is 89.9 Å². The van der Waals surface area contributed by atoms with E-state index in [1.165, 1.54) is 19.3 Å². The molecule has 2 aliphatic carbocycles. The van der Waals surface area contributed by atoms with Gasteiger partial charge in [-0.25, -0.2) is 0 Å². The Morgan fingerprint density at radius 1 is 1.08 bits per heavy atom. The molecule has 2 atom stereocenters. The zero-order valence-corrected chi connectivity index (χ0v) is 15.7. The molecule has 0 saturated heterocycles. The van der Waals surface area contributed by atoms with Gasteiger partial charge >= 0.3 is 6.18 Å². The fourth-order valence-electron chi connectivity index (χ4n) is 4.79. The van der Waals surface area contributed by atoms with Gasteiger partial charge in [0.15, 0.2) is 0 Å². The molecule has 3 nitrogen and oxygen atoms in total. The van der Waals surface area contributed by atoms with Gasteiger partial charge in [-0.05, 0) is 52.0 Å². The quantitative estimate of drug-likeness (QED) is 0.753. The molecule has 146 valence electrons. The van der Waals surface area contributed by atoms with Gasteiger partial charge in [-0.2, -0.15) is 13.2 Å². The van der Waals surface area contributed by atoms with E-state index in [4.69, 9.17) is 0 Å². The molecule has 1 aromatic rings. The fraction of sp³-hybridized carbons (Fsp3) is 0.750. The maximum Gasteiger partial charge on any atom is 0.391 e. The van der Waals surface area contributed by atoms with E-state index < -0.39 is 12.1 Å². The number of aromatic nitrogens is 1. The third-order valence-electron chi connectivity index (χ3n) is 6.14. The molecule has 2 fully saturated rings. The molecule has 2 saturated carbocycles. The van der Waals surface area contributed by atoms with Crippen molar-refractivity contribution in [2.75, 3.05) is 0 Å². The molecule has 1 amide bonds. The van der Waals surface area contributed by atoms with Crippen LogP contribution in [0.2, 0.25) is 0 Å². The van der Waals surface area contributed by atoms with Crippen LogP contribution in [-0.2, 0) is 0 Å². The maximum absolute atomic E-state index is 13.0. The number of halogens is 3. The summed E-state index contributed by atoms with van der Waals surface area (Å²) in [4.78, 5) is 12.7. The molecule has 1 N–H and O–H groups in total. The van der Waals surface area contributed by atoms with E-state index >= 15 is 0 Å². The van der Waals surface area contributed by atoms with E-state index in [-0.39, 0.29) is 24.8 Å². The molecule has 0 radical (unpaired) electrons. The minimum atomic E-state index is -4.17. The van der Waals surface area contributed by atoms with Gasteiger partial charge in [0, 0.05) is 23.5 Å². The van der Waals surface area contributed by atoms with Gasteiger partial charge in [0.05, 0.1) is 11.5 Å². The number of hydrogen-bond donors (Lipinski definition) is 1. The molecule has 0 spiro atoms. The largest absolute Gasteiger partial charge is 0.391 e. The lowest BCUT2D eigenvalue weighted by molar-refractivity contribution is -0.183. The normalized spacial score (nSPS) is 25.3. The average Bonchev–Trinajstić information content (AvgIpc) is 2.90. The van der Waals surface area contributed by atoms with E-state index in [1.54, 1.807) is 0 Å². The summed E-state index contributed by atoms with van der Waals surface area (Å²) < 4.78 is 41.2. The molecule has 6 heteroatoms. The molecule has 2 aliphatic rings. The molecular formula is C20H29F3N2O. The van der Waals surface area contributed by atoms with Crippen LogP contribution in [-0.4, -0.2) is 22.7 Å². The molecule has 0 bridgehead atoms. The summed E-state index contributed by atoms with van der Waals surface area (Å²) in [6.45, 7) is 3.97. The smallest absolute Gasteiger partial charge is 0.349 e. The number of alkyl halides is 3. The Kier molecular flexibility index (Phi) is 5.68. The van der Waals surface area contributed by atoms with Crippen LogP contribution in [0, 0.1) is 19.8 Å². The second kappa shape index (κ2) is 7.65. The third kappa shape index (κ3) is 4.09. The lowest BCUT2D eigenvalue weighted by Gasteiger charge is -2.31. The Bertz CT molecular complexity index is 644. The molecule has 1 heterocycles. The van der Waals surface area contributed by atoms with Crippen LogP contribution in [0.5, 0.6) is 0 Å². The number of nitrogens with zero attached hydrogens (tertiary/aromatic N) is 1. The van der Waals surface area contributed by atoms with Crippen LogP contribution in [0.15, 0.2) is 6.07 Å². The van der Waals surface area contributed by atoms with Gasteiger partial charge in [0.2, 0.25) is 0 Å². The van der Waals surface area contributed by atoms with E-state index in [1.807, 2.05) is 19.9 Å². The Morgan fingerprint density at radius 2 is 1.77 bits per heavy atom. The summed E-state index contributed by atoms with van der Waals surface area (Å²) in [5, 5.41) is 2.87. The number of aryl methyl sites for hydroxylation is 1. The van der Waals surface area contributed by atoms with Crippen molar-refractivity contribution in [3.05, 3.63) is 23.0 Å². The number of amides is 1. The summed E-state index contributed by atoms with van der Waals surface area (Å²) >= 11 is 0. The highest BCUT2D eigenvalue weighted by molar-refractivity contribution is 5.95. The van der Waals surface area contributed by atoms with Crippen LogP contribution >= 0.6 is 0 Å². The number of carbonyl (C=O) groups excluding carboxylic acids is 1. The predicted octanol–water partition coefficient (Wildman–Crippen LogP) is 5.46. The van der Waals surface area contributed by atoms with Crippen LogP contribution in [0.25, 0.3) is 0 Å². The van der Waals surface area contributed by atoms with E-state index in [9.17, 15) is 18.0 Å². The van der Waals surface area contributed by atoms with Crippen LogP contribution in [0.1, 0.15) is 85.6 Å². The lowest BCUT2D eigenvalue weighted by atomic mass is 9.85. The first kappa shape index (κ1) is 19.3. The monoisotopic (exact) mass is 370 g/mol. The summed E-state index contributed by atoms with van der Waals surface area (Å²) in [6.07, 6.45) is 3.10. The van der Waals surface area contributed by atoms with Gasteiger partial charge in [0.25, 0.3) is 5.91 Å². The van der Waals surface area contributed by atoms with Gasteiger partial charge < -0.3 is 9.88 Å². The minimum absolute atomic E-state index is 0.00337. The van der Waals surface area contributed by atoms with E-state index in [0.29, 0.717) is 24.4 Å². The molecule has 26 heavy (non-hydrogen) atoms. The zero-order chi connectivity index (χ0) is 18.9. The van der Waals surface area contributed by atoms with Gasteiger partial charge in [-0.3, -0.25) is 4.79 Å². The Hall–Kier alpha value is -1.46. The molecule has 0 aromatic carbocycles. The summed E-state index contributed by atoms with van der Waals surface area (Å²) in [6, 6.07) is 1.94. The van der Waals surface area contributed by atoms with Crippen molar-refractivity contribution >= 4 is 5.91 Å². The van der Waals surface area contributed by atoms with Gasteiger partial charge in [-0.1, -0.05) is 25.7 Å². The highest BCUT2D eigenvalue weighted by Gasteiger charge is 2.42. The molecule has 3 rings (SSSR count). The number of carbonyl (C=O) groups is 1. The highest BCUT2D eigenvalue weighted by atomic mass is 19.4.